The van der Waals surface area contributed by atoms with Crippen molar-refractivity contribution >= 4 is 18.3 Å². The summed E-state index contributed by atoms with van der Waals surface area (Å²) >= 11 is 0. The second-order valence-electron chi connectivity index (χ2n) is 6.58. The Morgan fingerprint density at radius 3 is 2.72 bits per heavy atom. The number of benzene rings is 1. The Balaban J connectivity index is 0.00000312. The molecule has 0 aromatic heterocycles. The molecule has 5 nitrogen and oxygen atoms in total. The normalized spacial score (nSPS) is 18.0. The number of hydrogen-bond acceptors (Lipinski definition) is 4. The van der Waals surface area contributed by atoms with Crippen molar-refractivity contribution < 1.29 is 14.3 Å². The van der Waals surface area contributed by atoms with Gasteiger partial charge in [0.2, 0.25) is 5.91 Å². The van der Waals surface area contributed by atoms with E-state index in [9.17, 15) is 4.79 Å². The average molecular weight is 371 g/mol. The molecule has 2 atom stereocenters. The zero-order chi connectivity index (χ0) is 17.4. The number of rotatable bonds is 8. The molecule has 0 saturated carbocycles. The van der Waals surface area contributed by atoms with Crippen LogP contribution in [0, 0.1) is 11.8 Å². The molecule has 1 saturated heterocycles. The minimum atomic E-state index is 0. The summed E-state index contributed by atoms with van der Waals surface area (Å²) in [6.45, 7) is 4.98. The molecule has 0 spiro atoms. The lowest BCUT2D eigenvalue weighted by Crippen LogP contribution is -2.36. The van der Waals surface area contributed by atoms with Crippen molar-refractivity contribution in [3.63, 3.8) is 0 Å². The summed E-state index contributed by atoms with van der Waals surface area (Å²) in [6, 6.07) is 5.86. The summed E-state index contributed by atoms with van der Waals surface area (Å²) in [5.41, 5.74) is 1.12. The number of ether oxygens (including phenoxy) is 2. The number of amides is 1. The van der Waals surface area contributed by atoms with E-state index < -0.39 is 0 Å². The Morgan fingerprint density at radius 1 is 1.32 bits per heavy atom. The fourth-order valence-electron chi connectivity index (χ4n) is 3.28. The first kappa shape index (κ1) is 21.6. The van der Waals surface area contributed by atoms with Crippen LogP contribution in [0.25, 0.3) is 0 Å². The van der Waals surface area contributed by atoms with Crippen molar-refractivity contribution in [3.05, 3.63) is 23.8 Å². The van der Waals surface area contributed by atoms with Crippen LogP contribution in [-0.4, -0.2) is 39.8 Å². The van der Waals surface area contributed by atoms with E-state index in [1.165, 1.54) is 12.8 Å². The third kappa shape index (κ3) is 6.75. The Labute approximate surface area is 157 Å². The van der Waals surface area contributed by atoms with Crippen molar-refractivity contribution in [2.75, 3.05) is 33.9 Å². The number of nitrogens with one attached hydrogen (secondary N) is 2. The largest absolute Gasteiger partial charge is 0.493 e. The SMILES string of the molecule is COc1ccc(CCNC(=O)CC(C)C2CCCNC2)cc1OC.Cl. The molecule has 2 rings (SSSR count). The fraction of sp³-hybridized carbons (Fsp3) is 0.632. The summed E-state index contributed by atoms with van der Waals surface area (Å²) in [6.07, 6.45) is 3.84. The smallest absolute Gasteiger partial charge is 0.220 e. The van der Waals surface area contributed by atoms with Gasteiger partial charge in [-0.05, 0) is 61.9 Å². The lowest BCUT2D eigenvalue weighted by atomic mass is 9.85. The highest BCUT2D eigenvalue weighted by atomic mass is 35.5. The van der Waals surface area contributed by atoms with Crippen LogP contribution in [0.5, 0.6) is 11.5 Å². The molecule has 2 unspecified atom stereocenters. The summed E-state index contributed by atoms with van der Waals surface area (Å²) < 4.78 is 10.5. The maximum Gasteiger partial charge on any atom is 0.220 e. The molecule has 1 heterocycles. The monoisotopic (exact) mass is 370 g/mol. The van der Waals surface area contributed by atoms with Crippen molar-refractivity contribution in [2.45, 2.75) is 32.6 Å². The molecular formula is C19H31ClN2O3. The number of piperidine rings is 1. The number of carbonyl (C=O) groups excluding carboxylic acids is 1. The minimum absolute atomic E-state index is 0. The van der Waals surface area contributed by atoms with E-state index in [2.05, 4.69) is 17.6 Å². The second-order valence-corrected chi connectivity index (χ2v) is 6.58. The van der Waals surface area contributed by atoms with Crippen LogP contribution in [0.2, 0.25) is 0 Å². The van der Waals surface area contributed by atoms with E-state index in [1.807, 2.05) is 18.2 Å². The van der Waals surface area contributed by atoms with Crippen molar-refractivity contribution in [1.29, 1.82) is 0 Å². The lowest BCUT2D eigenvalue weighted by Gasteiger charge is -2.28. The van der Waals surface area contributed by atoms with Crippen molar-refractivity contribution in [2.24, 2.45) is 11.8 Å². The molecule has 1 aliphatic rings. The Hall–Kier alpha value is -1.46. The van der Waals surface area contributed by atoms with E-state index in [0.29, 0.717) is 24.8 Å². The van der Waals surface area contributed by atoms with Gasteiger partial charge in [0.1, 0.15) is 0 Å². The zero-order valence-electron chi connectivity index (χ0n) is 15.5. The highest BCUT2D eigenvalue weighted by molar-refractivity contribution is 5.85. The molecule has 1 fully saturated rings. The maximum absolute atomic E-state index is 12.1. The first-order chi connectivity index (χ1) is 11.6. The molecule has 0 bridgehead atoms. The van der Waals surface area contributed by atoms with Gasteiger partial charge in [0, 0.05) is 13.0 Å². The van der Waals surface area contributed by atoms with Gasteiger partial charge >= 0.3 is 0 Å². The van der Waals surface area contributed by atoms with Crippen LogP contribution in [-0.2, 0) is 11.2 Å². The second kappa shape index (κ2) is 11.2. The average Bonchev–Trinajstić information content (AvgIpc) is 2.62. The first-order valence-corrected chi connectivity index (χ1v) is 8.82. The summed E-state index contributed by atoms with van der Waals surface area (Å²) in [4.78, 5) is 12.1. The van der Waals surface area contributed by atoms with E-state index in [1.54, 1.807) is 14.2 Å². The molecule has 142 valence electrons. The van der Waals surface area contributed by atoms with E-state index in [4.69, 9.17) is 9.47 Å². The standard InChI is InChI=1S/C19H30N2O3.ClH/c1-14(16-5-4-9-20-13-16)11-19(22)21-10-8-15-6-7-17(23-2)18(12-15)24-3;/h6-7,12,14,16,20H,4-5,8-11,13H2,1-3H3,(H,21,22);1H. The predicted octanol–water partition coefficient (Wildman–Crippen LogP) is 2.81. The first-order valence-electron chi connectivity index (χ1n) is 8.82. The van der Waals surface area contributed by atoms with Gasteiger partial charge in [-0.3, -0.25) is 4.79 Å². The van der Waals surface area contributed by atoms with Crippen LogP contribution >= 0.6 is 12.4 Å². The van der Waals surface area contributed by atoms with Gasteiger partial charge in [-0.2, -0.15) is 0 Å². The summed E-state index contributed by atoms with van der Waals surface area (Å²) in [7, 11) is 3.26. The highest BCUT2D eigenvalue weighted by Crippen LogP contribution is 2.27. The molecular weight excluding hydrogens is 340 g/mol. The number of halogens is 1. The molecule has 1 aromatic rings. The predicted molar refractivity (Wildman–Crippen MR) is 103 cm³/mol. The number of methoxy groups -OCH3 is 2. The fourth-order valence-corrected chi connectivity index (χ4v) is 3.28. The number of carbonyl (C=O) groups is 1. The summed E-state index contributed by atoms with van der Waals surface area (Å²) in [5.74, 6) is 2.64. The lowest BCUT2D eigenvalue weighted by molar-refractivity contribution is -0.122. The van der Waals surface area contributed by atoms with Crippen molar-refractivity contribution in [3.8, 4) is 11.5 Å². The van der Waals surface area contributed by atoms with Gasteiger partial charge < -0.3 is 20.1 Å². The van der Waals surface area contributed by atoms with E-state index in [-0.39, 0.29) is 18.3 Å². The maximum atomic E-state index is 12.1. The molecule has 1 amide bonds. The Kier molecular flexibility index (Phi) is 9.68. The van der Waals surface area contributed by atoms with Gasteiger partial charge in [-0.1, -0.05) is 13.0 Å². The van der Waals surface area contributed by atoms with Crippen LogP contribution in [0.1, 0.15) is 31.7 Å². The third-order valence-corrected chi connectivity index (χ3v) is 4.83. The molecule has 0 aliphatic carbocycles. The third-order valence-electron chi connectivity index (χ3n) is 4.83. The molecule has 0 radical (unpaired) electrons. The van der Waals surface area contributed by atoms with Crippen LogP contribution in [0.3, 0.4) is 0 Å². The molecule has 1 aromatic carbocycles. The van der Waals surface area contributed by atoms with Crippen LogP contribution in [0.15, 0.2) is 18.2 Å². The molecule has 6 heteroatoms. The molecule has 1 aliphatic heterocycles. The Morgan fingerprint density at radius 2 is 2.08 bits per heavy atom. The summed E-state index contributed by atoms with van der Waals surface area (Å²) in [5, 5.41) is 6.46. The van der Waals surface area contributed by atoms with Gasteiger partial charge in [0.05, 0.1) is 14.2 Å². The van der Waals surface area contributed by atoms with Crippen LogP contribution in [0.4, 0.5) is 0 Å². The van der Waals surface area contributed by atoms with Gasteiger partial charge in [-0.25, -0.2) is 0 Å². The number of hydrogen-bond donors (Lipinski definition) is 2. The topological polar surface area (TPSA) is 59.6 Å². The van der Waals surface area contributed by atoms with E-state index in [0.717, 1.165) is 36.6 Å². The quantitative estimate of drug-likeness (QED) is 0.738. The van der Waals surface area contributed by atoms with Crippen LogP contribution < -0.4 is 20.1 Å². The van der Waals surface area contributed by atoms with E-state index >= 15 is 0 Å². The Bertz CT molecular complexity index is 533. The minimum Gasteiger partial charge on any atom is -0.493 e. The zero-order valence-corrected chi connectivity index (χ0v) is 16.3. The van der Waals surface area contributed by atoms with Crippen molar-refractivity contribution in [1.82, 2.24) is 10.6 Å². The van der Waals surface area contributed by atoms with Gasteiger partial charge in [0.15, 0.2) is 11.5 Å². The van der Waals surface area contributed by atoms with Gasteiger partial charge in [0.25, 0.3) is 0 Å². The van der Waals surface area contributed by atoms with Gasteiger partial charge in [-0.15, -0.1) is 12.4 Å². The molecule has 25 heavy (non-hydrogen) atoms. The molecule has 2 N–H and O–H groups in total. The highest BCUT2D eigenvalue weighted by Gasteiger charge is 2.21.